The molecule has 0 aliphatic rings. The lowest BCUT2D eigenvalue weighted by Gasteiger charge is -2.41. The molecule has 0 aromatic carbocycles. The van der Waals surface area contributed by atoms with Crippen LogP contribution in [0.25, 0.3) is 0 Å². The maximum absolute atomic E-state index is 5.41. The zero-order valence-electron chi connectivity index (χ0n) is 10.2. The Morgan fingerprint density at radius 2 is 1.71 bits per heavy atom. The highest BCUT2D eigenvalue weighted by atomic mass is 28.1. The molecule has 0 amide bonds. The summed E-state index contributed by atoms with van der Waals surface area (Å²) in [5.41, 5.74) is 0.389. The van der Waals surface area contributed by atoms with Crippen LogP contribution in [0.5, 0.6) is 0 Å². The Labute approximate surface area is 89.9 Å². The molecule has 14 heavy (non-hydrogen) atoms. The molecule has 0 radical (unpaired) electrons. The van der Waals surface area contributed by atoms with Crippen molar-refractivity contribution in [2.24, 2.45) is 0 Å². The fourth-order valence-electron chi connectivity index (χ4n) is 1.53. The van der Waals surface area contributed by atoms with E-state index in [2.05, 4.69) is 6.92 Å². The van der Waals surface area contributed by atoms with Gasteiger partial charge in [0, 0.05) is 36.5 Å². The molecule has 4 nitrogen and oxygen atoms in total. The summed E-state index contributed by atoms with van der Waals surface area (Å²) in [6.45, 7) is 4.15. The minimum atomic E-state index is -0.739. The monoisotopic (exact) mass is 221 g/mol. The van der Waals surface area contributed by atoms with E-state index in [1.54, 1.807) is 21.3 Å². The van der Waals surface area contributed by atoms with Crippen LogP contribution in [0.2, 0.25) is 0 Å². The maximum atomic E-state index is 5.41. The minimum absolute atomic E-state index is 0.389. The second-order valence-corrected chi connectivity index (χ2v) is 4.57. The number of nitrogens with zero attached hydrogens (tertiary/aromatic N) is 1. The summed E-state index contributed by atoms with van der Waals surface area (Å²) in [5.74, 6) is -0.739. The molecule has 5 heteroatoms. The number of methoxy groups -OCH3 is 2. The van der Waals surface area contributed by atoms with Crippen molar-refractivity contribution in [2.75, 3.05) is 21.3 Å². The molecule has 1 atom stereocenters. The second-order valence-electron chi connectivity index (χ2n) is 3.24. The molecule has 0 N–H and O–H groups in total. The molecular formula is C9H23NO3Si. The van der Waals surface area contributed by atoms with Crippen molar-refractivity contribution < 1.29 is 14.3 Å². The summed E-state index contributed by atoms with van der Waals surface area (Å²) in [5, 5.41) is 1.82. The van der Waals surface area contributed by atoms with Gasteiger partial charge in [0.05, 0.1) is 7.11 Å². The Bertz CT molecular complexity index is 145. The fourth-order valence-corrected chi connectivity index (χ4v) is 2.13. The van der Waals surface area contributed by atoms with Crippen molar-refractivity contribution in [1.29, 1.82) is 0 Å². The van der Waals surface area contributed by atoms with E-state index in [9.17, 15) is 0 Å². The van der Waals surface area contributed by atoms with Gasteiger partial charge in [0.2, 0.25) is 0 Å². The lowest BCUT2D eigenvalue weighted by atomic mass is 10.3. The molecule has 0 fully saturated rings. The number of hydrogen-bond donors (Lipinski definition) is 0. The van der Waals surface area contributed by atoms with Gasteiger partial charge in [-0.25, -0.2) is 0 Å². The van der Waals surface area contributed by atoms with Crippen molar-refractivity contribution in [2.45, 2.75) is 38.3 Å². The lowest BCUT2D eigenvalue weighted by Crippen LogP contribution is -2.55. The van der Waals surface area contributed by atoms with Crippen molar-refractivity contribution in [3.63, 3.8) is 0 Å². The van der Waals surface area contributed by atoms with Gasteiger partial charge in [-0.05, 0) is 6.42 Å². The number of ether oxygens (including phenoxy) is 2. The molecule has 86 valence electrons. The Kier molecular flexibility index (Phi) is 6.55. The highest BCUT2D eigenvalue weighted by molar-refractivity contribution is 6.11. The average Bonchev–Trinajstić information content (AvgIpc) is 2.25. The van der Waals surface area contributed by atoms with E-state index in [1.165, 1.54) is 0 Å². The van der Waals surface area contributed by atoms with E-state index in [4.69, 9.17) is 14.3 Å². The Balaban J connectivity index is 4.73. The van der Waals surface area contributed by atoms with Gasteiger partial charge < -0.3 is 9.47 Å². The van der Waals surface area contributed by atoms with E-state index < -0.39 is 5.91 Å². The zero-order valence-corrected chi connectivity index (χ0v) is 12.2. The molecule has 0 saturated carbocycles. The topological polar surface area (TPSA) is 30.9 Å². The van der Waals surface area contributed by atoms with Crippen molar-refractivity contribution in [3.05, 3.63) is 0 Å². The lowest BCUT2D eigenvalue weighted by molar-refractivity contribution is -0.394. The number of hydrogen-bond acceptors (Lipinski definition) is 4. The van der Waals surface area contributed by atoms with Gasteiger partial charge in [-0.2, -0.15) is 0 Å². The molecule has 1 unspecified atom stereocenters. The highest BCUT2D eigenvalue weighted by Crippen LogP contribution is 2.24. The second kappa shape index (κ2) is 6.52. The maximum Gasteiger partial charge on any atom is 0.251 e. The van der Waals surface area contributed by atoms with Gasteiger partial charge in [0.1, 0.15) is 0 Å². The highest BCUT2D eigenvalue weighted by Gasteiger charge is 2.38. The van der Waals surface area contributed by atoms with Gasteiger partial charge >= 0.3 is 0 Å². The molecule has 0 spiro atoms. The molecule has 0 aromatic rings. The molecule has 0 aliphatic carbocycles. The third-order valence-electron chi connectivity index (χ3n) is 2.61. The summed E-state index contributed by atoms with van der Waals surface area (Å²) in [6, 6.07) is 0. The zero-order chi connectivity index (χ0) is 11.2. The van der Waals surface area contributed by atoms with Gasteiger partial charge in [-0.3, -0.25) is 4.84 Å². The summed E-state index contributed by atoms with van der Waals surface area (Å²) < 4.78 is 10.8. The molecule has 0 heterocycles. The molecule has 0 saturated heterocycles. The number of rotatable bonds is 7. The molecule has 0 aromatic heterocycles. The first kappa shape index (κ1) is 14.1. The Hall–Kier alpha value is 0.0569. The predicted octanol–water partition coefficient (Wildman–Crippen LogP) is 0.308. The van der Waals surface area contributed by atoms with Crippen LogP contribution in [0, 0.1) is 0 Å². The first-order chi connectivity index (χ1) is 6.61. The molecular weight excluding hydrogens is 198 g/mol. The van der Waals surface area contributed by atoms with Crippen molar-refractivity contribution in [3.8, 4) is 0 Å². The van der Waals surface area contributed by atoms with Crippen LogP contribution in [-0.4, -0.2) is 48.2 Å². The normalized spacial score (nSPS) is 15.0. The van der Waals surface area contributed by atoms with Crippen LogP contribution < -0.4 is 0 Å². The standard InChI is InChI=1S/C9H23NO3Si/c1-6-8(14)10(13-5)9(7-2,11-3)12-4/h8H,6-7H2,1-5,14H3. The smallest absolute Gasteiger partial charge is 0.251 e. The van der Waals surface area contributed by atoms with E-state index in [0.717, 1.165) is 23.1 Å². The van der Waals surface area contributed by atoms with Crippen LogP contribution >= 0.6 is 0 Å². The minimum Gasteiger partial charge on any atom is -0.339 e. The molecule has 0 rings (SSSR count). The third-order valence-corrected chi connectivity index (χ3v) is 3.89. The van der Waals surface area contributed by atoms with Gasteiger partial charge in [-0.1, -0.05) is 13.8 Å². The Morgan fingerprint density at radius 1 is 1.21 bits per heavy atom. The van der Waals surface area contributed by atoms with Gasteiger partial charge in [-0.15, -0.1) is 5.06 Å². The number of hydroxylamine groups is 2. The molecule has 0 aliphatic heterocycles. The van der Waals surface area contributed by atoms with E-state index in [0.29, 0.717) is 5.67 Å². The van der Waals surface area contributed by atoms with Gasteiger partial charge in [0.25, 0.3) is 5.91 Å². The quantitative estimate of drug-likeness (QED) is 0.352. The van der Waals surface area contributed by atoms with Crippen LogP contribution in [0.4, 0.5) is 0 Å². The van der Waals surface area contributed by atoms with E-state index >= 15 is 0 Å². The largest absolute Gasteiger partial charge is 0.339 e. The van der Waals surface area contributed by atoms with Crippen LogP contribution in [0.3, 0.4) is 0 Å². The van der Waals surface area contributed by atoms with Gasteiger partial charge in [0.15, 0.2) is 0 Å². The van der Waals surface area contributed by atoms with Crippen molar-refractivity contribution >= 4 is 10.2 Å². The summed E-state index contributed by atoms with van der Waals surface area (Å²) in [6.07, 6.45) is 1.76. The summed E-state index contributed by atoms with van der Waals surface area (Å²) in [7, 11) is 5.96. The van der Waals surface area contributed by atoms with E-state index in [1.807, 2.05) is 12.0 Å². The summed E-state index contributed by atoms with van der Waals surface area (Å²) in [4.78, 5) is 5.36. The van der Waals surface area contributed by atoms with Crippen LogP contribution in [0.1, 0.15) is 26.7 Å². The molecule has 0 bridgehead atoms. The van der Waals surface area contributed by atoms with Crippen LogP contribution in [0.15, 0.2) is 0 Å². The van der Waals surface area contributed by atoms with Crippen LogP contribution in [-0.2, 0) is 14.3 Å². The first-order valence-electron chi connectivity index (χ1n) is 5.05. The SMILES string of the molecule is CCC([SiH3])N(OC)C(CC)(OC)OC. The third kappa shape index (κ3) is 2.77. The Morgan fingerprint density at radius 3 is 1.93 bits per heavy atom. The first-order valence-corrected chi connectivity index (χ1v) is 6.21. The van der Waals surface area contributed by atoms with Crippen molar-refractivity contribution in [1.82, 2.24) is 5.06 Å². The summed E-state index contributed by atoms with van der Waals surface area (Å²) >= 11 is 0. The van der Waals surface area contributed by atoms with E-state index in [-0.39, 0.29) is 0 Å². The fraction of sp³-hybridized carbons (Fsp3) is 1.00. The predicted molar refractivity (Wildman–Crippen MR) is 59.9 cm³/mol. The average molecular weight is 221 g/mol.